The van der Waals surface area contributed by atoms with E-state index in [0.717, 1.165) is 18.5 Å². The summed E-state index contributed by atoms with van der Waals surface area (Å²) in [7, 11) is 0. The minimum absolute atomic E-state index is 0.103. The van der Waals surface area contributed by atoms with Gasteiger partial charge in [0, 0.05) is 18.9 Å². The van der Waals surface area contributed by atoms with Crippen LogP contribution in [0, 0.1) is 17.6 Å². The molecule has 1 saturated carbocycles. The number of carbonyl (C=O) groups is 1. The normalized spacial score (nSPS) is 31.2. The van der Waals surface area contributed by atoms with Crippen molar-refractivity contribution in [2.24, 2.45) is 0 Å². The molecule has 0 N–H and O–H groups in total. The highest BCUT2D eigenvalue weighted by molar-refractivity contribution is 5.89. The van der Waals surface area contributed by atoms with E-state index in [0.29, 0.717) is 31.2 Å². The second-order valence-corrected chi connectivity index (χ2v) is 7.40. The Hall–Kier alpha value is -2.68. The molecule has 3 fully saturated rings. The lowest BCUT2D eigenvalue weighted by Crippen LogP contribution is -2.56. The number of rotatable bonds is 3. The van der Waals surface area contributed by atoms with E-state index in [4.69, 9.17) is 9.47 Å². The Labute approximate surface area is 158 Å². The van der Waals surface area contributed by atoms with Crippen molar-refractivity contribution in [2.75, 3.05) is 0 Å². The molecule has 3 aliphatic rings. The molecule has 2 aromatic rings. The molecule has 0 unspecified atom stereocenters. The number of benzene rings is 1. The first-order chi connectivity index (χ1) is 13.4. The third-order valence-corrected chi connectivity index (χ3v) is 5.60. The third kappa shape index (κ3) is 2.72. The van der Waals surface area contributed by atoms with E-state index in [1.165, 1.54) is 12.1 Å². The van der Waals surface area contributed by atoms with Gasteiger partial charge in [0.25, 0.3) is 5.91 Å². The summed E-state index contributed by atoms with van der Waals surface area (Å²) in [4.78, 5) is 21.9. The van der Waals surface area contributed by atoms with Crippen LogP contribution in [0.3, 0.4) is 0 Å². The standard InChI is InChI=1S/C19H16F3N3O3/c20-11-3-10(4-12(21)5-11)14-1-2-17-25(14)18(26)19(28-17)7-13(8-19)27-16-6-15(22)23-9-24-16/h3-6,9,13-14,17H,1-2,7-8H2/t13?,14-,17+,19?/m0/s1. The lowest BCUT2D eigenvalue weighted by Gasteiger charge is -2.41. The largest absolute Gasteiger partial charge is 0.474 e. The number of aromatic nitrogens is 2. The van der Waals surface area contributed by atoms with Crippen LogP contribution >= 0.6 is 0 Å². The van der Waals surface area contributed by atoms with Crippen LogP contribution in [0.25, 0.3) is 0 Å². The van der Waals surface area contributed by atoms with Gasteiger partial charge in [0.1, 0.15) is 30.3 Å². The van der Waals surface area contributed by atoms with Gasteiger partial charge in [0.05, 0.1) is 12.1 Å². The summed E-state index contributed by atoms with van der Waals surface area (Å²) >= 11 is 0. The quantitative estimate of drug-likeness (QED) is 0.753. The molecule has 2 saturated heterocycles. The number of hydrogen-bond acceptors (Lipinski definition) is 5. The van der Waals surface area contributed by atoms with Crippen molar-refractivity contribution >= 4 is 5.91 Å². The van der Waals surface area contributed by atoms with Crippen LogP contribution in [0.5, 0.6) is 5.88 Å². The van der Waals surface area contributed by atoms with Crippen molar-refractivity contribution in [2.45, 2.75) is 49.7 Å². The zero-order chi connectivity index (χ0) is 19.5. The Balaban J connectivity index is 1.31. The van der Waals surface area contributed by atoms with Crippen LogP contribution in [0.4, 0.5) is 13.2 Å². The van der Waals surface area contributed by atoms with Gasteiger partial charge in [-0.1, -0.05) is 0 Å². The van der Waals surface area contributed by atoms with Crippen molar-refractivity contribution < 1.29 is 27.4 Å². The van der Waals surface area contributed by atoms with Gasteiger partial charge in [-0.05, 0) is 30.5 Å². The SMILES string of the molecule is O=C1N2[C@@H](CC[C@H]2c2cc(F)cc(F)c2)OC12CC(Oc1cc(F)ncn1)C2. The van der Waals surface area contributed by atoms with Gasteiger partial charge < -0.3 is 14.4 Å². The fourth-order valence-corrected chi connectivity index (χ4v) is 4.39. The van der Waals surface area contributed by atoms with Crippen molar-refractivity contribution in [3.05, 3.63) is 53.7 Å². The van der Waals surface area contributed by atoms with E-state index >= 15 is 0 Å². The van der Waals surface area contributed by atoms with Crippen LogP contribution in [0.2, 0.25) is 0 Å². The summed E-state index contributed by atoms with van der Waals surface area (Å²) in [6.07, 6.45) is 2.12. The maximum absolute atomic E-state index is 13.6. The molecule has 6 nitrogen and oxygen atoms in total. The predicted octanol–water partition coefficient (Wildman–Crippen LogP) is 2.89. The minimum Gasteiger partial charge on any atom is -0.474 e. The van der Waals surface area contributed by atoms with E-state index in [9.17, 15) is 18.0 Å². The molecule has 2 aliphatic heterocycles. The summed E-state index contributed by atoms with van der Waals surface area (Å²) in [6, 6.07) is 3.98. The van der Waals surface area contributed by atoms with Gasteiger partial charge in [0.15, 0.2) is 5.60 Å². The van der Waals surface area contributed by atoms with Gasteiger partial charge in [-0.3, -0.25) is 4.79 Å². The molecule has 1 aromatic heterocycles. The van der Waals surface area contributed by atoms with Crippen molar-refractivity contribution in [1.29, 1.82) is 0 Å². The summed E-state index contributed by atoms with van der Waals surface area (Å²) in [5, 5.41) is 0. The van der Waals surface area contributed by atoms with E-state index in [2.05, 4.69) is 9.97 Å². The summed E-state index contributed by atoms with van der Waals surface area (Å²) in [5.74, 6) is -2.13. The smallest absolute Gasteiger partial charge is 0.257 e. The average Bonchev–Trinajstić information content (AvgIpc) is 3.12. The number of hydrogen-bond donors (Lipinski definition) is 0. The number of nitrogens with zero attached hydrogens (tertiary/aromatic N) is 3. The highest BCUT2D eigenvalue weighted by atomic mass is 19.1. The number of fused-ring (bicyclic) bond motifs is 1. The van der Waals surface area contributed by atoms with Crippen molar-refractivity contribution in [1.82, 2.24) is 14.9 Å². The fraction of sp³-hybridized carbons (Fsp3) is 0.421. The first kappa shape index (κ1) is 17.4. The minimum atomic E-state index is -0.995. The van der Waals surface area contributed by atoms with Crippen LogP contribution in [-0.4, -0.2) is 38.7 Å². The van der Waals surface area contributed by atoms with Crippen LogP contribution < -0.4 is 4.74 Å². The van der Waals surface area contributed by atoms with E-state index in [1.54, 1.807) is 4.90 Å². The van der Waals surface area contributed by atoms with Crippen LogP contribution in [-0.2, 0) is 9.53 Å². The number of amides is 1. The zero-order valence-corrected chi connectivity index (χ0v) is 14.6. The molecule has 3 heterocycles. The monoisotopic (exact) mass is 391 g/mol. The Kier molecular flexibility index (Phi) is 3.84. The van der Waals surface area contributed by atoms with Gasteiger partial charge in [-0.15, -0.1) is 0 Å². The Morgan fingerprint density at radius 3 is 2.54 bits per heavy atom. The molecule has 1 spiro atoms. The van der Waals surface area contributed by atoms with Crippen molar-refractivity contribution in [3.8, 4) is 5.88 Å². The van der Waals surface area contributed by atoms with Crippen LogP contribution in [0.1, 0.15) is 37.3 Å². The number of ether oxygens (including phenoxy) is 2. The molecule has 28 heavy (non-hydrogen) atoms. The Bertz CT molecular complexity index is 931. The number of halogens is 3. The maximum atomic E-state index is 13.6. The van der Waals surface area contributed by atoms with E-state index in [-0.39, 0.29) is 17.9 Å². The molecule has 1 amide bonds. The molecular formula is C19H16F3N3O3. The molecule has 0 bridgehead atoms. The lowest BCUT2D eigenvalue weighted by molar-refractivity contribution is -0.162. The molecule has 1 aliphatic carbocycles. The highest BCUT2D eigenvalue weighted by Gasteiger charge is 2.63. The van der Waals surface area contributed by atoms with Crippen LogP contribution in [0.15, 0.2) is 30.6 Å². The Morgan fingerprint density at radius 1 is 1.07 bits per heavy atom. The molecule has 0 radical (unpaired) electrons. The zero-order valence-electron chi connectivity index (χ0n) is 14.6. The summed E-state index contributed by atoms with van der Waals surface area (Å²) < 4.78 is 52.0. The van der Waals surface area contributed by atoms with E-state index < -0.39 is 35.5 Å². The molecule has 146 valence electrons. The fourth-order valence-electron chi connectivity index (χ4n) is 4.39. The second kappa shape index (κ2) is 6.16. The average molecular weight is 391 g/mol. The highest BCUT2D eigenvalue weighted by Crippen LogP contribution is 2.51. The van der Waals surface area contributed by atoms with Crippen molar-refractivity contribution in [3.63, 3.8) is 0 Å². The summed E-state index contributed by atoms with van der Waals surface area (Å²) in [5.41, 5.74) is -0.566. The molecule has 9 heteroatoms. The first-order valence-corrected chi connectivity index (χ1v) is 9.04. The first-order valence-electron chi connectivity index (χ1n) is 9.04. The molecular weight excluding hydrogens is 375 g/mol. The van der Waals surface area contributed by atoms with Gasteiger partial charge in [0.2, 0.25) is 11.8 Å². The lowest BCUT2D eigenvalue weighted by atomic mass is 9.76. The van der Waals surface area contributed by atoms with Gasteiger partial charge in [-0.2, -0.15) is 4.39 Å². The molecule has 2 atom stereocenters. The molecule has 5 rings (SSSR count). The van der Waals surface area contributed by atoms with E-state index in [1.807, 2.05) is 0 Å². The second-order valence-electron chi connectivity index (χ2n) is 7.40. The topological polar surface area (TPSA) is 64.6 Å². The Morgan fingerprint density at radius 2 is 1.82 bits per heavy atom. The summed E-state index contributed by atoms with van der Waals surface area (Å²) in [6.45, 7) is 0. The maximum Gasteiger partial charge on any atom is 0.257 e. The predicted molar refractivity (Wildman–Crippen MR) is 88.4 cm³/mol. The molecule has 1 aromatic carbocycles. The van der Waals surface area contributed by atoms with Gasteiger partial charge in [-0.25, -0.2) is 18.7 Å². The third-order valence-electron chi connectivity index (χ3n) is 5.60. The van der Waals surface area contributed by atoms with Gasteiger partial charge >= 0.3 is 0 Å². The number of carbonyl (C=O) groups excluding carboxylic acids is 1.